The predicted molar refractivity (Wildman–Crippen MR) is 53.4 cm³/mol. The van der Waals surface area contributed by atoms with Gasteiger partial charge in [0.05, 0.1) is 0 Å². The van der Waals surface area contributed by atoms with Gasteiger partial charge in [0.15, 0.2) is 5.01 Å². The molecule has 0 spiro atoms. The van der Waals surface area contributed by atoms with E-state index in [9.17, 15) is 4.79 Å². The van der Waals surface area contributed by atoms with Crippen LogP contribution in [0.3, 0.4) is 0 Å². The van der Waals surface area contributed by atoms with Crippen LogP contribution in [0.5, 0.6) is 0 Å². The highest BCUT2D eigenvalue weighted by Gasteiger charge is 2.17. The summed E-state index contributed by atoms with van der Waals surface area (Å²) in [5.41, 5.74) is 0. The van der Waals surface area contributed by atoms with Crippen molar-refractivity contribution in [1.82, 2.24) is 10.3 Å². The van der Waals surface area contributed by atoms with Crippen molar-refractivity contribution in [2.75, 3.05) is 13.2 Å². The first kappa shape index (κ1) is 9.61. The van der Waals surface area contributed by atoms with Gasteiger partial charge in [-0.1, -0.05) is 0 Å². The van der Waals surface area contributed by atoms with Gasteiger partial charge in [-0.25, -0.2) is 4.98 Å². The molecule has 2 heterocycles. The fraction of sp³-hybridized carbons (Fsp3) is 0.556. The van der Waals surface area contributed by atoms with Crippen LogP contribution in [0.1, 0.15) is 22.6 Å². The summed E-state index contributed by atoms with van der Waals surface area (Å²) < 4.78 is 5.21. The molecule has 14 heavy (non-hydrogen) atoms. The molecule has 5 heteroatoms. The summed E-state index contributed by atoms with van der Waals surface area (Å²) in [6.07, 6.45) is 3.44. The molecule has 0 saturated carbocycles. The number of hydrogen-bond donors (Lipinski definition) is 1. The molecule has 0 bridgehead atoms. The topological polar surface area (TPSA) is 51.2 Å². The monoisotopic (exact) mass is 212 g/mol. The third kappa shape index (κ3) is 2.30. The zero-order valence-corrected chi connectivity index (χ0v) is 8.55. The molecule has 1 aromatic rings. The molecule has 4 nitrogen and oxygen atoms in total. The van der Waals surface area contributed by atoms with E-state index in [2.05, 4.69) is 10.3 Å². The number of nitrogens with zero attached hydrogens (tertiary/aromatic N) is 1. The molecule has 0 unspecified atom stereocenters. The Kier molecular flexibility index (Phi) is 3.10. The average Bonchev–Trinajstić information content (AvgIpc) is 2.72. The fourth-order valence-corrected chi connectivity index (χ4v) is 1.96. The molecule has 0 atom stereocenters. The smallest absolute Gasteiger partial charge is 0.280 e. The first-order chi connectivity index (χ1) is 6.86. The molecule has 1 aliphatic heterocycles. The molecule has 0 aromatic carbocycles. The van der Waals surface area contributed by atoms with Gasteiger partial charge >= 0.3 is 0 Å². The van der Waals surface area contributed by atoms with E-state index in [1.165, 1.54) is 11.3 Å². The predicted octanol–water partition coefficient (Wildman–Crippen LogP) is 1.05. The summed E-state index contributed by atoms with van der Waals surface area (Å²) in [4.78, 5) is 15.5. The zero-order chi connectivity index (χ0) is 9.80. The molecule has 2 rings (SSSR count). The van der Waals surface area contributed by atoms with Gasteiger partial charge in [0.25, 0.3) is 5.91 Å². The molecule has 1 N–H and O–H groups in total. The minimum Gasteiger partial charge on any atom is -0.381 e. The van der Waals surface area contributed by atoms with Crippen LogP contribution in [0.15, 0.2) is 11.6 Å². The molecular formula is C9H12N2O2S. The van der Waals surface area contributed by atoms with E-state index in [0.717, 1.165) is 26.1 Å². The van der Waals surface area contributed by atoms with Crippen molar-refractivity contribution in [3.63, 3.8) is 0 Å². The Bertz CT molecular complexity index is 294. The fourth-order valence-electron chi connectivity index (χ4n) is 1.42. The Hall–Kier alpha value is -0.940. The molecule has 1 amide bonds. The number of thiazole rings is 1. The summed E-state index contributed by atoms with van der Waals surface area (Å²) in [6, 6.07) is 0.250. The van der Waals surface area contributed by atoms with E-state index in [1.54, 1.807) is 11.6 Å². The van der Waals surface area contributed by atoms with Gasteiger partial charge < -0.3 is 10.1 Å². The van der Waals surface area contributed by atoms with Gasteiger partial charge in [-0.05, 0) is 12.8 Å². The quantitative estimate of drug-likeness (QED) is 0.797. The number of carbonyl (C=O) groups excluding carboxylic acids is 1. The van der Waals surface area contributed by atoms with Crippen molar-refractivity contribution in [2.45, 2.75) is 18.9 Å². The van der Waals surface area contributed by atoms with Crippen molar-refractivity contribution in [3.8, 4) is 0 Å². The third-order valence-electron chi connectivity index (χ3n) is 2.18. The summed E-state index contributed by atoms with van der Waals surface area (Å²) in [6.45, 7) is 1.48. The highest BCUT2D eigenvalue weighted by molar-refractivity contribution is 7.11. The van der Waals surface area contributed by atoms with Gasteiger partial charge in [0.2, 0.25) is 0 Å². The number of nitrogens with one attached hydrogen (secondary N) is 1. The van der Waals surface area contributed by atoms with Crippen molar-refractivity contribution >= 4 is 17.2 Å². The standard InChI is InChI=1S/C9H12N2O2S/c12-8(9-10-3-6-14-9)11-7-1-4-13-5-2-7/h3,6-7H,1-2,4-5H2,(H,11,12). The highest BCUT2D eigenvalue weighted by atomic mass is 32.1. The van der Waals surface area contributed by atoms with Crippen LogP contribution in [0.25, 0.3) is 0 Å². The van der Waals surface area contributed by atoms with Crippen molar-refractivity contribution in [2.24, 2.45) is 0 Å². The van der Waals surface area contributed by atoms with Crippen LogP contribution in [0, 0.1) is 0 Å². The molecule has 0 radical (unpaired) electrons. The Morgan fingerprint density at radius 2 is 2.36 bits per heavy atom. The van der Waals surface area contributed by atoms with Crippen LogP contribution < -0.4 is 5.32 Å². The van der Waals surface area contributed by atoms with Crippen LogP contribution in [-0.2, 0) is 4.74 Å². The van der Waals surface area contributed by atoms with Crippen molar-refractivity contribution < 1.29 is 9.53 Å². The maximum absolute atomic E-state index is 11.6. The second kappa shape index (κ2) is 4.52. The minimum atomic E-state index is -0.0631. The lowest BCUT2D eigenvalue weighted by Gasteiger charge is -2.22. The minimum absolute atomic E-state index is 0.0631. The molecule has 1 aliphatic rings. The van der Waals surface area contributed by atoms with Crippen molar-refractivity contribution in [3.05, 3.63) is 16.6 Å². The summed E-state index contributed by atoms with van der Waals surface area (Å²) in [5.74, 6) is -0.0631. The van der Waals surface area contributed by atoms with Gasteiger partial charge in [0.1, 0.15) is 0 Å². The summed E-state index contributed by atoms with van der Waals surface area (Å²) in [5, 5.41) is 5.29. The van der Waals surface area contributed by atoms with E-state index in [0.29, 0.717) is 5.01 Å². The maximum atomic E-state index is 11.6. The van der Waals surface area contributed by atoms with E-state index in [-0.39, 0.29) is 11.9 Å². The first-order valence-electron chi connectivity index (χ1n) is 4.64. The SMILES string of the molecule is O=C(NC1CCOCC1)c1nccs1. The van der Waals surface area contributed by atoms with Gasteiger partial charge in [0, 0.05) is 30.8 Å². The lowest BCUT2D eigenvalue weighted by atomic mass is 10.1. The summed E-state index contributed by atoms with van der Waals surface area (Å²) in [7, 11) is 0. The number of ether oxygens (including phenoxy) is 1. The molecular weight excluding hydrogens is 200 g/mol. The van der Waals surface area contributed by atoms with Gasteiger partial charge in [-0.2, -0.15) is 0 Å². The highest BCUT2D eigenvalue weighted by Crippen LogP contribution is 2.09. The van der Waals surface area contributed by atoms with E-state index in [1.807, 2.05) is 0 Å². The lowest BCUT2D eigenvalue weighted by Crippen LogP contribution is -2.38. The largest absolute Gasteiger partial charge is 0.381 e. The Labute approximate surface area is 86.3 Å². The van der Waals surface area contributed by atoms with Crippen molar-refractivity contribution in [1.29, 1.82) is 0 Å². The Balaban J connectivity index is 1.87. The second-order valence-electron chi connectivity index (χ2n) is 3.20. The molecule has 0 aliphatic carbocycles. The first-order valence-corrected chi connectivity index (χ1v) is 5.52. The van der Waals surface area contributed by atoms with E-state index < -0.39 is 0 Å². The Morgan fingerprint density at radius 3 is 3.00 bits per heavy atom. The molecule has 1 saturated heterocycles. The average molecular weight is 212 g/mol. The summed E-state index contributed by atoms with van der Waals surface area (Å²) >= 11 is 1.37. The van der Waals surface area contributed by atoms with Crippen LogP contribution in [-0.4, -0.2) is 30.1 Å². The number of aromatic nitrogens is 1. The molecule has 1 fully saturated rings. The number of carbonyl (C=O) groups is 1. The van der Waals surface area contributed by atoms with Crippen LogP contribution in [0.2, 0.25) is 0 Å². The lowest BCUT2D eigenvalue weighted by molar-refractivity contribution is 0.0696. The van der Waals surface area contributed by atoms with Crippen LogP contribution >= 0.6 is 11.3 Å². The number of rotatable bonds is 2. The van der Waals surface area contributed by atoms with E-state index >= 15 is 0 Å². The normalized spacial score (nSPS) is 18.0. The third-order valence-corrected chi connectivity index (χ3v) is 2.95. The number of hydrogen-bond acceptors (Lipinski definition) is 4. The maximum Gasteiger partial charge on any atom is 0.280 e. The number of amides is 1. The molecule has 76 valence electrons. The molecule has 1 aromatic heterocycles. The Morgan fingerprint density at radius 1 is 1.57 bits per heavy atom. The van der Waals surface area contributed by atoms with Gasteiger partial charge in [-0.3, -0.25) is 4.79 Å². The zero-order valence-electron chi connectivity index (χ0n) is 7.73. The second-order valence-corrected chi connectivity index (χ2v) is 4.09. The van der Waals surface area contributed by atoms with Crippen LogP contribution in [0.4, 0.5) is 0 Å². The van der Waals surface area contributed by atoms with E-state index in [4.69, 9.17) is 4.74 Å². The van der Waals surface area contributed by atoms with Gasteiger partial charge in [-0.15, -0.1) is 11.3 Å².